The van der Waals surface area contributed by atoms with Crippen LogP contribution in [0.15, 0.2) is 70.3 Å². The molecule has 0 N–H and O–H groups in total. The van der Waals surface area contributed by atoms with Gasteiger partial charge < -0.3 is 4.90 Å². The number of hydrogen-bond donors (Lipinski definition) is 0. The second kappa shape index (κ2) is 13.1. The van der Waals surface area contributed by atoms with Gasteiger partial charge in [-0.1, -0.05) is 36.4 Å². The normalized spacial score (nSPS) is 22.7. The Kier molecular flexibility index (Phi) is 9.48. The Hall–Kier alpha value is -2.98. The van der Waals surface area contributed by atoms with Gasteiger partial charge in [0.1, 0.15) is 4.21 Å². The van der Waals surface area contributed by atoms with E-state index in [2.05, 4.69) is 9.80 Å². The smallest absolute Gasteiger partial charge is 0.335 e. The van der Waals surface area contributed by atoms with E-state index in [0.717, 1.165) is 31.7 Å². The van der Waals surface area contributed by atoms with Crippen molar-refractivity contribution in [3.05, 3.63) is 88.3 Å². The van der Waals surface area contributed by atoms with E-state index in [9.17, 15) is 39.6 Å². The SMILES string of the molecule is O=C(c1cc(C(F)(F)F)cc(C(F)(F)F)c1)N1CCC(N2CCN(C3CN(S(=O)(=O)c4cccs4)C3)CC2)CC1Cc1ccccc1. The van der Waals surface area contributed by atoms with Crippen LogP contribution in [0.2, 0.25) is 0 Å². The molecule has 1 amide bonds. The number of piperidine rings is 1. The van der Waals surface area contributed by atoms with E-state index in [1.54, 1.807) is 17.5 Å². The van der Waals surface area contributed by atoms with E-state index in [1.807, 2.05) is 30.3 Å². The number of benzene rings is 2. The van der Waals surface area contributed by atoms with Crippen molar-refractivity contribution in [2.24, 2.45) is 0 Å². The molecule has 3 aromatic rings. The zero-order valence-corrected chi connectivity index (χ0v) is 26.9. The zero-order valence-electron chi connectivity index (χ0n) is 25.3. The maximum absolute atomic E-state index is 13.7. The van der Waals surface area contributed by atoms with Crippen LogP contribution in [0.3, 0.4) is 0 Å². The fourth-order valence-electron chi connectivity index (χ4n) is 6.80. The summed E-state index contributed by atoms with van der Waals surface area (Å²) in [6.07, 6.45) is -8.65. The number of piperazine rings is 1. The summed E-state index contributed by atoms with van der Waals surface area (Å²) in [6.45, 7) is 4.00. The van der Waals surface area contributed by atoms with Gasteiger partial charge in [-0.3, -0.25) is 14.6 Å². The number of amides is 1. The van der Waals surface area contributed by atoms with Crippen molar-refractivity contribution < 1.29 is 39.6 Å². The van der Waals surface area contributed by atoms with Crippen molar-refractivity contribution in [1.82, 2.24) is 19.0 Å². The van der Waals surface area contributed by atoms with Crippen LogP contribution in [-0.2, 0) is 28.8 Å². The average molecular weight is 701 g/mol. The van der Waals surface area contributed by atoms with Gasteiger partial charge in [0, 0.05) is 69.5 Å². The van der Waals surface area contributed by atoms with Crippen LogP contribution in [0, 0.1) is 0 Å². The summed E-state index contributed by atoms with van der Waals surface area (Å²) in [4.78, 5) is 19.8. The first-order chi connectivity index (χ1) is 22.2. The fourth-order valence-corrected chi connectivity index (χ4v) is 9.46. The highest BCUT2D eigenvalue weighted by atomic mass is 32.2. The number of sulfonamides is 1. The quantitative estimate of drug-likeness (QED) is 0.297. The Bertz CT molecular complexity index is 1620. The van der Waals surface area contributed by atoms with Crippen molar-refractivity contribution in [2.75, 3.05) is 45.8 Å². The van der Waals surface area contributed by atoms with E-state index < -0.39 is 51.0 Å². The number of thiophene rings is 1. The zero-order chi connectivity index (χ0) is 33.6. The van der Waals surface area contributed by atoms with E-state index in [1.165, 1.54) is 20.5 Å². The Morgan fingerprint density at radius 2 is 1.38 bits per heavy atom. The van der Waals surface area contributed by atoms with Crippen LogP contribution < -0.4 is 0 Å². The minimum atomic E-state index is -5.05. The molecule has 0 spiro atoms. The van der Waals surface area contributed by atoms with Gasteiger partial charge >= 0.3 is 12.4 Å². The van der Waals surface area contributed by atoms with Crippen LogP contribution in [-0.4, -0.2) is 97.3 Å². The maximum Gasteiger partial charge on any atom is 0.416 e. The highest BCUT2D eigenvalue weighted by molar-refractivity contribution is 7.91. The predicted octanol–water partition coefficient (Wildman–Crippen LogP) is 5.69. The summed E-state index contributed by atoms with van der Waals surface area (Å²) in [7, 11) is -3.47. The minimum absolute atomic E-state index is 0.0356. The van der Waals surface area contributed by atoms with Gasteiger partial charge in [0.05, 0.1) is 11.1 Å². The summed E-state index contributed by atoms with van der Waals surface area (Å²) in [6, 6.07) is 13.4. The van der Waals surface area contributed by atoms with Gasteiger partial charge in [0.15, 0.2) is 0 Å². The van der Waals surface area contributed by atoms with Crippen molar-refractivity contribution in [3.63, 3.8) is 0 Å². The number of rotatable bonds is 7. The topological polar surface area (TPSA) is 64.2 Å². The molecule has 0 radical (unpaired) electrons. The second-order valence-corrected chi connectivity index (χ2v) is 15.4. The molecular weight excluding hydrogens is 666 g/mol. The molecule has 3 aliphatic heterocycles. The Labute approximate surface area is 273 Å². The lowest BCUT2D eigenvalue weighted by molar-refractivity contribution is -0.143. The molecule has 254 valence electrons. The lowest BCUT2D eigenvalue weighted by Crippen LogP contribution is -2.65. The number of nitrogens with zero attached hydrogens (tertiary/aromatic N) is 4. The lowest BCUT2D eigenvalue weighted by atomic mass is 9.90. The summed E-state index contributed by atoms with van der Waals surface area (Å²) in [5, 5.41) is 1.74. The number of hydrogen-bond acceptors (Lipinski definition) is 6. The van der Waals surface area contributed by atoms with E-state index in [-0.39, 0.29) is 24.7 Å². The molecule has 6 rings (SSSR count). The van der Waals surface area contributed by atoms with Gasteiger partial charge in [0.25, 0.3) is 15.9 Å². The highest BCUT2D eigenvalue weighted by Gasteiger charge is 2.43. The van der Waals surface area contributed by atoms with Crippen molar-refractivity contribution in [1.29, 1.82) is 0 Å². The third-order valence-corrected chi connectivity index (χ3v) is 12.6. The summed E-state index contributed by atoms with van der Waals surface area (Å²) < 4.78 is 109. The molecule has 2 aromatic carbocycles. The van der Waals surface area contributed by atoms with Gasteiger partial charge in [0.2, 0.25) is 0 Å². The predicted molar refractivity (Wildman–Crippen MR) is 164 cm³/mol. The standard InChI is InChI=1S/C32H34F6N4O3S2/c33-31(34,35)24-16-23(17-25(18-24)32(36,37)38)30(43)42-9-8-26(19-27(42)15-22-5-2-1-3-6-22)39-10-12-40(13-11-39)28-20-41(21-28)47(44,45)29-7-4-14-46-29/h1-7,14,16-18,26-28H,8-13,15,19-21H2. The molecule has 0 bridgehead atoms. The van der Waals surface area contributed by atoms with Crippen LogP contribution in [0.1, 0.15) is 39.9 Å². The molecule has 3 fully saturated rings. The van der Waals surface area contributed by atoms with E-state index in [4.69, 9.17) is 0 Å². The van der Waals surface area contributed by atoms with Gasteiger partial charge in [-0.05, 0) is 54.5 Å². The first-order valence-electron chi connectivity index (χ1n) is 15.4. The molecule has 2 unspecified atom stereocenters. The third kappa shape index (κ3) is 7.38. The van der Waals surface area contributed by atoms with Gasteiger partial charge in [-0.25, -0.2) is 8.42 Å². The highest BCUT2D eigenvalue weighted by Crippen LogP contribution is 2.37. The lowest BCUT2D eigenvalue weighted by Gasteiger charge is -2.50. The van der Waals surface area contributed by atoms with Crippen molar-refractivity contribution >= 4 is 27.3 Å². The molecule has 4 heterocycles. The molecular formula is C32H34F6N4O3S2. The first kappa shape index (κ1) is 33.9. The van der Waals surface area contributed by atoms with E-state index >= 15 is 0 Å². The Morgan fingerprint density at radius 1 is 0.787 bits per heavy atom. The maximum atomic E-state index is 13.7. The second-order valence-electron chi connectivity index (χ2n) is 12.3. The van der Waals surface area contributed by atoms with Crippen LogP contribution in [0.4, 0.5) is 26.3 Å². The number of carbonyl (C=O) groups excluding carboxylic acids is 1. The molecule has 0 aliphatic carbocycles. The van der Waals surface area contributed by atoms with Crippen LogP contribution in [0.5, 0.6) is 0 Å². The Morgan fingerprint density at radius 3 is 1.94 bits per heavy atom. The molecule has 2 atom stereocenters. The van der Waals surface area contributed by atoms with E-state index in [0.29, 0.717) is 48.7 Å². The van der Waals surface area contributed by atoms with Gasteiger partial charge in [-0.2, -0.15) is 30.6 Å². The summed E-state index contributed by atoms with van der Waals surface area (Å²) in [5.41, 5.74) is -2.75. The molecule has 3 aliphatic rings. The summed E-state index contributed by atoms with van der Waals surface area (Å²) >= 11 is 1.20. The number of likely N-dealkylation sites (tertiary alicyclic amines) is 1. The van der Waals surface area contributed by atoms with Crippen LogP contribution >= 0.6 is 11.3 Å². The number of carbonyl (C=O) groups is 1. The monoisotopic (exact) mass is 700 g/mol. The van der Waals surface area contributed by atoms with Crippen molar-refractivity contribution in [3.8, 4) is 0 Å². The largest absolute Gasteiger partial charge is 0.416 e. The minimum Gasteiger partial charge on any atom is -0.335 e. The molecule has 15 heteroatoms. The average Bonchev–Trinajstić information content (AvgIpc) is 3.56. The molecule has 7 nitrogen and oxygen atoms in total. The van der Waals surface area contributed by atoms with Crippen molar-refractivity contribution in [2.45, 2.75) is 53.9 Å². The number of halogens is 6. The Balaban J connectivity index is 1.13. The van der Waals surface area contributed by atoms with Gasteiger partial charge in [-0.15, -0.1) is 11.3 Å². The van der Waals surface area contributed by atoms with Crippen LogP contribution in [0.25, 0.3) is 0 Å². The third-order valence-electron chi connectivity index (χ3n) is 9.40. The fraction of sp³-hybridized carbons (Fsp3) is 0.469. The number of alkyl halides is 6. The summed E-state index contributed by atoms with van der Waals surface area (Å²) in [5.74, 6) is -0.849. The first-order valence-corrected chi connectivity index (χ1v) is 17.7. The molecule has 0 saturated carbocycles. The molecule has 3 saturated heterocycles. The molecule has 1 aromatic heterocycles. The molecule has 47 heavy (non-hydrogen) atoms.